The number of hydrogen-bond donors (Lipinski definition) is 3. The van der Waals surface area contributed by atoms with Crippen molar-refractivity contribution in [3.8, 4) is 5.75 Å². The first kappa shape index (κ1) is 35.0. The second-order valence-electron chi connectivity index (χ2n) is 10.7. The molecule has 0 radical (unpaired) electrons. The molecule has 12 heteroatoms. The number of Topliss-reactive ketones (excluding diaryl/α,β-unsaturated/α-hetero) is 2. The van der Waals surface area contributed by atoms with Gasteiger partial charge in [0.1, 0.15) is 18.1 Å². The molecule has 3 unspecified atom stereocenters. The van der Waals surface area contributed by atoms with Crippen LogP contribution in [0.15, 0.2) is 36.2 Å². The van der Waals surface area contributed by atoms with Crippen LogP contribution in [0.5, 0.6) is 5.75 Å². The van der Waals surface area contributed by atoms with E-state index in [2.05, 4.69) is 10.6 Å². The van der Waals surface area contributed by atoms with Gasteiger partial charge in [-0.2, -0.15) is 11.8 Å². The molecule has 2 fully saturated rings. The van der Waals surface area contributed by atoms with Gasteiger partial charge < -0.3 is 35.3 Å². The third kappa shape index (κ3) is 13.3. The maximum Gasteiger partial charge on any atom is 0.315 e. The Morgan fingerprint density at radius 2 is 1.56 bits per heavy atom. The van der Waals surface area contributed by atoms with Crippen molar-refractivity contribution in [1.82, 2.24) is 10.6 Å². The maximum atomic E-state index is 12.5. The summed E-state index contributed by atoms with van der Waals surface area (Å²) in [6.45, 7) is 2.99. The number of amides is 2. The lowest BCUT2D eigenvalue weighted by Crippen LogP contribution is -2.36. The van der Waals surface area contributed by atoms with Gasteiger partial charge in [-0.1, -0.05) is 6.42 Å². The number of hydrogen-bond acceptors (Lipinski definition) is 9. The number of rotatable bonds is 24. The lowest BCUT2D eigenvalue weighted by atomic mass is 10.0. The van der Waals surface area contributed by atoms with Crippen LogP contribution in [0.25, 0.3) is 0 Å². The minimum atomic E-state index is -0.0579. The number of unbranched alkanes of at least 4 members (excludes halogenated alkanes) is 1. The lowest BCUT2D eigenvalue weighted by Gasteiger charge is -2.16. The van der Waals surface area contributed by atoms with E-state index in [9.17, 15) is 18.8 Å². The molecule has 10 nitrogen and oxygen atoms in total. The van der Waals surface area contributed by atoms with Crippen molar-refractivity contribution < 1.29 is 37.7 Å². The number of nitrogens with one attached hydrogen (secondary N) is 2. The normalized spacial score (nSPS) is 19.6. The van der Waals surface area contributed by atoms with Crippen LogP contribution >= 0.6 is 11.8 Å². The molecule has 1 aromatic carbocycles. The monoisotopic (exact) mass is 623 g/mol. The molecule has 0 aromatic heterocycles. The Bertz CT molecular complexity index is 1030. The largest absolute Gasteiger partial charge is 0.489 e. The fourth-order valence-corrected chi connectivity index (χ4v) is 6.42. The van der Waals surface area contributed by atoms with Gasteiger partial charge in [0.15, 0.2) is 5.78 Å². The molecule has 0 spiro atoms. The number of carbonyl (C=O) groups is 3. The highest BCUT2D eigenvalue weighted by atomic mass is 32.2. The molecule has 3 atom stereocenters. The van der Waals surface area contributed by atoms with Crippen LogP contribution in [0.2, 0.25) is 0 Å². The van der Waals surface area contributed by atoms with Gasteiger partial charge in [0.05, 0.1) is 44.8 Å². The number of ether oxygens (including phenoxy) is 4. The standard InChI is InChI=1S/C31H46FN3O7S/c32-19-23(20-33)21-42-26-11-9-24(10-12-26)28(37)7-4-14-40-16-18-41-17-15-39-13-3-6-25(36)5-1-2-8-29-30-27(22-43-29)34-31(38)35-30/h9-12,19,27,29-30H,1-8,13-18,20-22,33H2,(H2,34,35,38)/b23-19+. The fourth-order valence-electron chi connectivity index (χ4n) is 4.88. The zero-order chi connectivity index (χ0) is 30.7. The third-order valence-corrected chi connectivity index (χ3v) is 8.84. The van der Waals surface area contributed by atoms with Gasteiger partial charge >= 0.3 is 6.03 Å². The number of urea groups is 1. The number of carbonyl (C=O) groups excluding carboxylic acids is 3. The van der Waals surface area contributed by atoms with E-state index in [-0.39, 0.29) is 42.8 Å². The highest BCUT2D eigenvalue weighted by Gasteiger charge is 2.42. The molecule has 2 amide bonds. The first-order valence-electron chi connectivity index (χ1n) is 15.2. The Morgan fingerprint density at radius 1 is 0.907 bits per heavy atom. The first-order valence-corrected chi connectivity index (χ1v) is 16.2. The van der Waals surface area contributed by atoms with Gasteiger partial charge in [-0.15, -0.1) is 0 Å². The van der Waals surface area contributed by atoms with Crippen molar-refractivity contribution in [3.63, 3.8) is 0 Å². The van der Waals surface area contributed by atoms with E-state index in [1.54, 1.807) is 24.3 Å². The molecular formula is C31H46FN3O7S. The smallest absolute Gasteiger partial charge is 0.315 e. The highest BCUT2D eigenvalue weighted by Crippen LogP contribution is 2.33. The van der Waals surface area contributed by atoms with E-state index in [0.29, 0.717) is 100 Å². The van der Waals surface area contributed by atoms with Crippen LogP contribution in [0.1, 0.15) is 61.7 Å². The van der Waals surface area contributed by atoms with Gasteiger partial charge in [0.25, 0.3) is 0 Å². The molecule has 3 rings (SSSR count). The molecule has 240 valence electrons. The molecule has 0 saturated carbocycles. The van der Waals surface area contributed by atoms with Crippen LogP contribution < -0.4 is 21.1 Å². The summed E-state index contributed by atoms with van der Waals surface area (Å²) >= 11 is 1.91. The van der Waals surface area contributed by atoms with Gasteiger partial charge in [-0.3, -0.25) is 9.59 Å². The van der Waals surface area contributed by atoms with E-state index in [4.69, 9.17) is 24.7 Å². The third-order valence-electron chi connectivity index (χ3n) is 7.33. The molecular weight excluding hydrogens is 577 g/mol. The summed E-state index contributed by atoms with van der Waals surface area (Å²) < 4.78 is 34.6. The van der Waals surface area contributed by atoms with Crippen molar-refractivity contribution in [2.24, 2.45) is 5.73 Å². The van der Waals surface area contributed by atoms with Crippen LogP contribution in [0.4, 0.5) is 9.18 Å². The summed E-state index contributed by atoms with van der Waals surface area (Å²) in [5, 5.41) is 6.41. The van der Waals surface area contributed by atoms with E-state index >= 15 is 0 Å². The maximum absolute atomic E-state index is 12.5. The summed E-state index contributed by atoms with van der Waals surface area (Å²) in [7, 11) is 0. The second kappa shape index (κ2) is 20.4. The average molecular weight is 624 g/mol. The van der Waals surface area contributed by atoms with Crippen LogP contribution in [0.3, 0.4) is 0 Å². The quantitative estimate of drug-likeness (QED) is 0.0887. The zero-order valence-electron chi connectivity index (χ0n) is 24.9. The number of nitrogens with two attached hydrogens (primary N) is 1. The van der Waals surface area contributed by atoms with E-state index < -0.39 is 0 Å². The fraction of sp³-hybridized carbons (Fsp3) is 0.645. The summed E-state index contributed by atoms with van der Waals surface area (Å²) in [6.07, 6.45) is 6.21. The minimum absolute atomic E-state index is 0.0206. The van der Waals surface area contributed by atoms with Gasteiger partial charge in [-0.25, -0.2) is 9.18 Å². The molecule has 43 heavy (non-hydrogen) atoms. The van der Waals surface area contributed by atoms with Gasteiger partial charge in [0.2, 0.25) is 0 Å². The van der Waals surface area contributed by atoms with Crippen molar-refractivity contribution >= 4 is 29.4 Å². The predicted octanol–water partition coefficient (Wildman–Crippen LogP) is 3.97. The van der Waals surface area contributed by atoms with Crippen LogP contribution in [-0.4, -0.2) is 93.5 Å². The predicted molar refractivity (Wildman–Crippen MR) is 164 cm³/mol. The van der Waals surface area contributed by atoms with Gasteiger partial charge in [-0.05, 0) is 49.9 Å². The highest BCUT2D eigenvalue weighted by molar-refractivity contribution is 8.00. The Kier molecular flexibility index (Phi) is 16.6. The Hall–Kier alpha value is -2.51. The summed E-state index contributed by atoms with van der Waals surface area (Å²) in [5.74, 6) is 1.81. The molecule has 2 heterocycles. The van der Waals surface area contributed by atoms with Gasteiger partial charge in [0, 0.05) is 61.2 Å². The summed E-state index contributed by atoms with van der Waals surface area (Å²) in [5.41, 5.74) is 6.35. The van der Waals surface area contributed by atoms with E-state index in [1.165, 1.54) is 0 Å². The zero-order valence-corrected chi connectivity index (χ0v) is 25.7. The number of thioether (sulfide) groups is 1. The Morgan fingerprint density at radius 3 is 2.23 bits per heavy atom. The number of ketones is 2. The number of fused-ring (bicyclic) bond motifs is 1. The SMILES string of the molecule is NC/C(=C\F)COc1ccc(C(=O)CCCOCCOCCOCCCC(=O)CCCCC2SCC3NC(=O)NC32)cc1. The molecule has 2 aliphatic rings. The first-order chi connectivity index (χ1) is 21.0. The van der Waals surface area contributed by atoms with E-state index in [0.717, 1.165) is 25.0 Å². The summed E-state index contributed by atoms with van der Waals surface area (Å²) in [6, 6.07) is 7.17. The topological polar surface area (TPSA) is 138 Å². The van der Waals surface area contributed by atoms with Crippen LogP contribution in [0, 0.1) is 0 Å². The second-order valence-corrected chi connectivity index (χ2v) is 11.9. The molecule has 4 N–H and O–H groups in total. The number of benzene rings is 1. The number of halogens is 1. The van der Waals surface area contributed by atoms with Crippen LogP contribution in [-0.2, 0) is 19.0 Å². The van der Waals surface area contributed by atoms with Crippen molar-refractivity contribution in [2.75, 3.05) is 58.5 Å². The summed E-state index contributed by atoms with van der Waals surface area (Å²) in [4.78, 5) is 35.9. The molecule has 0 aliphatic carbocycles. The van der Waals surface area contributed by atoms with Crippen molar-refractivity contribution in [2.45, 2.75) is 68.7 Å². The van der Waals surface area contributed by atoms with Crippen molar-refractivity contribution in [1.29, 1.82) is 0 Å². The molecule has 1 aromatic rings. The Balaban J connectivity index is 1.06. The molecule has 2 aliphatic heterocycles. The Labute approximate surface area is 258 Å². The molecule has 2 saturated heterocycles. The van der Waals surface area contributed by atoms with E-state index in [1.807, 2.05) is 11.8 Å². The average Bonchev–Trinajstić information content (AvgIpc) is 3.57. The lowest BCUT2D eigenvalue weighted by molar-refractivity contribution is -0.119. The molecule has 0 bridgehead atoms. The minimum Gasteiger partial charge on any atom is -0.489 e. The van der Waals surface area contributed by atoms with Crippen molar-refractivity contribution in [3.05, 3.63) is 41.7 Å².